The fourth-order valence-corrected chi connectivity index (χ4v) is 5.31. The second kappa shape index (κ2) is 11.0. The van der Waals surface area contributed by atoms with Gasteiger partial charge in [0.15, 0.2) is 5.96 Å². The third-order valence-corrected chi connectivity index (χ3v) is 7.48. The zero-order chi connectivity index (χ0) is 21.7. The van der Waals surface area contributed by atoms with Crippen LogP contribution in [0, 0.1) is 5.41 Å². The summed E-state index contributed by atoms with van der Waals surface area (Å²) < 4.78 is 28.4. The third kappa shape index (κ3) is 6.48. The molecule has 2 heterocycles. The van der Waals surface area contributed by atoms with Crippen LogP contribution in [-0.4, -0.2) is 38.9 Å². The Kier molecular flexibility index (Phi) is 8.62. The summed E-state index contributed by atoms with van der Waals surface area (Å²) in [6, 6.07) is 10.5. The summed E-state index contributed by atoms with van der Waals surface area (Å²) in [5.74, 6) is 1.88. The number of guanidine groups is 1. The summed E-state index contributed by atoms with van der Waals surface area (Å²) in [7, 11) is -3.68. The van der Waals surface area contributed by atoms with Crippen molar-refractivity contribution in [3.63, 3.8) is 0 Å². The lowest BCUT2D eigenvalue weighted by molar-refractivity contribution is 0.203. The minimum absolute atomic E-state index is 0. The smallest absolute Gasteiger partial charge is 0.238 e. The summed E-state index contributed by atoms with van der Waals surface area (Å²) in [4.78, 5) is 7.40. The Morgan fingerprint density at radius 3 is 2.53 bits per heavy atom. The Bertz CT molecular complexity index is 985. The third-order valence-electron chi connectivity index (χ3n) is 6.55. The Morgan fingerprint density at radius 2 is 1.88 bits per heavy atom. The summed E-state index contributed by atoms with van der Waals surface area (Å²) in [5.41, 5.74) is 1.39. The van der Waals surface area contributed by atoms with Crippen molar-refractivity contribution in [3.8, 4) is 0 Å². The lowest BCUT2D eigenvalue weighted by Crippen LogP contribution is -2.42. The number of furan rings is 1. The molecule has 2 aliphatic rings. The number of benzene rings is 1. The molecule has 0 radical (unpaired) electrons. The van der Waals surface area contributed by atoms with E-state index in [-0.39, 0.29) is 28.9 Å². The van der Waals surface area contributed by atoms with E-state index in [2.05, 4.69) is 10.2 Å². The first-order valence-corrected chi connectivity index (χ1v) is 12.7. The van der Waals surface area contributed by atoms with Gasteiger partial charge >= 0.3 is 0 Å². The number of hydrogen-bond donors (Lipinski definition) is 2. The molecule has 3 N–H and O–H groups in total. The number of sulfonamides is 1. The van der Waals surface area contributed by atoms with Crippen LogP contribution in [0.1, 0.15) is 49.8 Å². The highest BCUT2D eigenvalue weighted by molar-refractivity contribution is 14.0. The molecule has 0 amide bonds. The van der Waals surface area contributed by atoms with Gasteiger partial charge in [0.1, 0.15) is 5.76 Å². The molecule has 1 aromatic carbocycles. The molecule has 1 aromatic heterocycles. The van der Waals surface area contributed by atoms with Crippen molar-refractivity contribution in [1.29, 1.82) is 0 Å². The molecule has 32 heavy (non-hydrogen) atoms. The van der Waals surface area contributed by atoms with Crippen LogP contribution < -0.4 is 10.5 Å². The van der Waals surface area contributed by atoms with Crippen LogP contribution in [0.4, 0.5) is 0 Å². The summed E-state index contributed by atoms with van der Waals surface area (Å²) in [5, 5.41) is 8.72. The topological polar surface area (TPSA) is 101 Å². The van der Waals surface area contributed by atoms with Gasteiger partial charge < -0.3 is 14.6 Å². The van der Waals surface area contributed by atoms with E-state index in [1.54, 1.807) is 18.4 Å². The zero-order valence-corrected chi connectivity index (χ0v) is 21.5. The van der Waals surface area contributed by atoms with E-state index >= 15 is 0 Å². The molecule has 0 unspecified atom stereocenters. The normalized spacial score (nSPS) is 18.5. The molecule has 1 saturated carbocycles. The second-order valence-corrected chi connectivity index (χ2v) is 10.4. The number of rotatable bonds is 6. The van der Waals surface area contributed by atoms with Crippen molar-refractivity contribution in [2.75, 3.05) is 19.6 Å². The van der Waals surface area contributed by atoms with Gasteiger partial charge in [-0.1, -0.05) is 31.4 Å². The maximum Gasteiger partial charge on any atom is 0.238 e. The fourth-order valence-electron chi connectivity index (χ4n) is 4.80. The number of aliphatic imine (C=N–C) groups is 1. The van der Waals surface area contributed by atoms with E-state index in [1.807, 2.05) is 12.1 Å². The highest BCUT2D eigenvalue weighted by Gasteiger charge is 2.39. The molecular weight excluding hydrogens is 539 g/mol. The van der Waals surface area contributed by atoms with Crippen LogP contribution in [0.2, 0.25) is 0 Å². The first kappa shape index (κ1) is 25.0. The van der Waals surface area contributed by atoms with Crippen LogP contribution in [0.5, 0.6) is 0 Å². The van der Waals surface area contributed by atoms with Crippen LogP contribution in [-0.2, 0) is 23.0 Å². The molecular formula is C23H33IN4O3S. The number of nitrogens with zero attached hydrogens (tertiary/aromatic N) is 2. The van der Waals surface area contributed by atoms with Gasteiger partial charge in [-0.05, 0) is 54.5 Å². The van der Waals surface area contributed by atoms with E-state index in [9.17, 15) is 8.42 Å². The van der Waals surface area contributed by atoms with Crippen LogP contribution in [0.25, 0.3) is 0 Å². The molecule has 176 valence electrons. The largest absolute Gasteiger partial charge is 0.469 e. The lowest BCUT2D eigenvalue weighted by atomic mass is 9.73. The predicted octanol–water partition coefficient (Wildman–Crippen LogP) is 3.89. The first-order chi connectivity index (χ1) is 14.9. The van der Waals surface area contributed by atoms with Gasteiger partial charge in [0.25, 0.3) is 0 Å². The standard InChI is InChI=1S/C23H32N4O3S.HI/c24-31(28,29)21-8-6-19(7-9-21)17-26-22(25-14-10-20-5-4-16-30-20)27-15-13-23(18-27)11-2-1-3-12-23;/h4-9,16H,1-3,10-15,17-18H2,(H,25,26)(H2,24,28,29);1H. The van der Waals surface area contributed by atoms with Gasteiger partial charge in [-0.25, -0.2) is 18.5 Å². The highest BCUT2D eigenvalue weighted by atomic mass is 127. The number of primary sulfonamides is 1. The predicted molar refractivity (Wildman–Crippen MR) is 136 cm³/mol. The second-order valence-electron chi connectivity index (χ2n) is 8.82. The molecule has 2 aromatic rings. The number of nitrogens with one attached hydrogen (secondary N) is 1. The monoisotopic (exact) mass is 572 g/mol. The minimum atomic E-state index is -3.68. The SMILES string of the molecule is I.NS(=O)(=O)c1ccc(CN=C(NCCc2ccco2)N2CCC3(CCCCC3)C2)cc1. The molecule has 0 bridgehead atoms. The van der Waals surface area contributed by atoms with Crippen molar-refractivity contribution in [2.45, 2.75) is 56.4 Å². The highest BCUT2D eigenvalue weighted by Crippen LogP contribution is 2.43. The summed E-state index contributed by atoms with van der Waals surface area (Å²) in [6.07, 6.45) is 10.4. The van der Waals surface area contributed by atoms with Crippen LogP contribution in [0.3, 0.4) is 0 Å². The van der Waals surface area contributed by atoms with E-state index in [1.165, 1.54) is 50.7 Å². The van der Waals surface area contributed by atoms with E-state index in [4.69, 9.17) is 14.5 Å². The molecule has 9 heteroatoms. The molecule has 4 rings (SSSR count). The number of hydrogen-bond acceptors (Lipinski definition) is 4. The van der Waals surface area contributed by atoms with Gasteiger partial charge in [-0.3, -0.25) is 0 Å². The quantitative estimate of drug-likeness (QED) is 0.311. The van der Waals surface area contributed by atoms with Crippen molar-refractivity contribution < 1.29 is 12.8 Å². The number of nitrogens with two attached hydrogens (primary N) is 1. The Hall–Kier alpha value is -1.59. The van der Waals surface area contributed by atoms with Crippen LogP contribution in [0.15, 0.2) is 57.0 Å². The molecule has 2 fully saturated rings. The number of likely N-dealkylation sites (tertiary alicyclic amines) is 1. The van der Waals surface area contributed by atoms with Gasteiger partial charge in [-0.15, -0.1) is 24.0 Å². The maximum absolute atomic E-state index is 11.5. The van der Waals surface area contributed by atoms with E-state index in [0.717, 1.165) is 43.3 Å². The molecule has 7 nitrogen and oxygen atoms in total. The van der Waals surface area contributed by atoms with Gasteiger partial charge in [0.2, 0.25) is 10.0 Å². The molecule has 0 atom stereocenters. The van der Waals surface area contributed by atoms with Crippen molar-refractivity contribution in [3.05, 3.63) is 54.0 Å². The average molecular weight is 573 g/mol. The first-order valence-electron chi connectivity index (χ1n) is 11.1. The average Bonchev–Trinajstić information content (AvgIpc) is 3.41. The molecule has 1 aliphatic heterocycles. The maximum atomic E-state index is 11.5. The Balaban J connectivity index is 0.00000289. The fraction of sp³-hybridized carbons (Fsp3) is 0.522. The molecule has 1 saturated heterocycles. The Labute approximate surface area is 207 Å². The van der Waals surface area contributed by atoms with Crippen LogP contribution >= 0.6 is 24.0 Å². The van der Waals surface area contributed by atoms with Gasteiger partial charge in [-0.2, -0.15) is 0 Å². The van der Waals surface area contributed by atoms with Gasteiger partial charge in [0, 0.05) is 26.1 Å². The van der Waals surface area contributed by atoms with Crippen molar-refractivity contribution >= 4 is 40.0 Å². The summed E-state index contributed by atoms with van der Waals surface area (Å²) >= 11 is 0. The van der Waals surface area contributed by atoms with Gasteiger partial charge in [0.05, 0.1) is 17.7 Å². The van der Waals surface area contributed by atoms with E-state index in [0.29, 0.717) is 12.0 Å². The summed E-state index contributed by atoms with van der Waals surface area (Å²) in [6.45, 7) is 3.32. The molecule has 1 aliphatic carbocycles. The number of halogens is 1. The Morgan fingerprint density at radius 1 is 1.12 bits per heavy atom. The van der Waals surface area contributed by atoms with Crippen molar-refractivity contribution in [1.82, 2.24) is 10.2 Å². The zero-order valence-electron chi connectivity index (χ0n) is 18.3. The minimum Gasteiger partial charge on any atom is -0.469 e. The van der Waals surface area contributed by atoms with E-state index < -0.39 is 10.0 Å². The molecule has 1 spiro atoms. The lowest BCUT2D eigenvalue weighted by Gasteiger charge is -2.33. The van der Waals surface area contributed by atoms with Crippen molar-refractivity contribution in [2.24, 2.45) is 15.5 Å².